The maximum absolute atomic E-state index is 9.69. The zero-order chi connectivity index (χ0) is 12.3. The van der Waals surface area contributed by atoms with Gasteiger partial charge in [0.05, 0.1) is 6.10 Å². The number of nitrogens with zero attached hydrogens (tertiary/aromatic N) is 3. The Morgan fingerprint density at radius 3 is 3.00 bits per heavy atom. The molecule has 17 heavy (non-hydrogen) atoms. The summed E-state index contributed by atoms with van der Waals surface area (Å²) in [5.41, 5.74) is 0. The SMILES string of the molecule is CCc1nc(NC)cc(N2CCCC(O)C2)n1. The van der Waals surface area contributed by atoms with Crippen molar-refractivity contribution >= 4 is 11.6 Å². The number of anilines is 2. The van der Waals surface area contributed by atoms with Crippen LogP contribution in [0.3, 0.4) is 0 Å². The molecule has 1 unspecified atom stereocenters. The number of aliphatic hydroxyl groups excluding tert-OH is 1. The second-order valence-electron chi connectivity index (χ2n) is 4.37. The van der Waals surface area contributed by atoms with Crippen LogP contribution in [-0.4, -0.2) is 41.3 Å². The summed E-state index contributed by atoms with van der Waals surface area (Å²) < 4.78 is 0. The average molecular weight is 236 g/mol. The molecular weight excluding hydrogens is 216 g/mol. The van der Waals surface area contributed by atoms with Gasteiger partial charge in [-0.2, -0.15) is 0 Å². The lowest BCUT2D eigenvalue weighted by molar-refractivity contribution is 0.154. The van der Waals surface area contributed by atoms with E-state index in [0.29, 0.717) is 6.54 Å². The quantitative estimate of drug-likeness (QED) is 0.821. The normalized spacial score (nSPS) is 20.4. The van der Waals surface area contributed by atoms with Crippen molar-refractivity contribution < 1.29 is 5.11 Å². The molecule has 2 N–H and O–H groups in total. The number of hydrogen-bond acceptors (Lipinski definition) is 5. The fourth-order valence-corrected chi connectivity index (χ4v) is 2.09. The van der Waals surface area contributed by atoms with E-state index in [0.717, 1.165) is 43.3 Å². The third-order valence-corrected chi connectivity index (χ3v) is 3.05. The molecule has 0 bridgehead atoms. The molecule has 1 fully saturated rings. The molecule has 0 spiro atoms. The van der Waals surface area contributed by atoms with Gasteiger partial charge < -0.3 is 15.3 Å². The molecule has 5 nitrogen and oxygen atoms in total. The van der Waals surface area contributed by atoms with E-state index in [9.17, 15) is 5.11 Å². The largest absolute Gasteiger partial charge is 0.391 e. The predicted molar refractivity (Wildman–Crippen MR) is 68.4 cm³/mol. The van der Waals surface area contributed by atoms with E-state index in [1.165, 1.54) is 0 Å². The lowest BCUT2D eigenvalue weighted by atomic mass is 10.1. The average Bonchev–Trinajstić information content (AvgIpc) is 2.38. The van der Waals surface area contributed by atoms with Crippen molar-refractivity contribution in [3.63, 3.8) is 0 Å². The first kappa shape index (κ1) is 12.1. The summed E-state index contributed by atoms with van der Waals surface area (Å²) in [6, 6.07) is 1.94. The Morgan fingerprint density at radius 2 is 2.35 bits per heavy atom. The van der Waals surface area contributed by atoms with Gasteiger partial charge in [-0.05, 0) is 12.8 Å². The Labute approximate surface area is 102 Å². The molecule has 0 aromatic carbocycles. The van der Waals surface area contributed by atoms with E-state index in [1.807, 2.05) is 20.0 Å². The van der Waals surface area contributed by atoms with Gasteiger partial charge in [0.1, 0.15) is 17.5 Å². The summed E-state index contributed by atoms with van der Waals surface area (Å²) in [6.07, 6.45) is 2.49. The van der Waals surface area contributed by atoms with Crippen molar-refractivity contribution in [2.24, 2.45) is 0 Å². The summed E-state index contributed by atoms with van der Waals surface area (Å²) in [5.74, 6) is 2.60. The number of β-amino-alcohol motifs (C(OH)–C–C–N with tert-alkyl or cyclic N) is 1. The zero-order valence-electron chi connectivity index (χ0n) is 10.5. The summed E-state index contributed by atoms with van der Waals surface area (Å²) in [4.78, 5) is 11.0. The van der Waals surface area contributed by atoms with Gasteiger partial charge in [-0.25, -0.2) is 9.97 Å². The van der Waals surface area contributed by atoms with Crippen LogP contribution >= 0.6 is 0 Å². The molecule has 5 heteroatoms. The number of piperidine rings is 1. The Bertz CT molecular complexity index is 361. The van der Waals surface area contributed by atoms with Crippen LogP contribution in [0.1, 0.15) is 25.6 Å². The molecule has 2 heterocycles. The van der Waals surface area contributed by atoms with Crippen LogP contribution in [-0.2, 0) is 6.42 Å². The van der Waals surface area contributed by atoms with E-state index in [2.05, 4.69) is 20.2 Å². The molecule has 1 aromatic heterocycles. The highest BCUT2D eigenvalue weighted by atomic mass is 16.3. The first-order valence-corrected chi connectivity index (χ1v) is 6.21. The van der Waals surface area contributed by atoms with Crippen LogP contribution in [0.5, 0.6) is 0 Å². The number of nitrogens with one attached hydrogen (secondary N) is 1. The second kappa shape index (κ2) is 5.31. The van der Waals surface area contributed by atoms with Gasteiger partial charge >= 0.3 is 0 Å². The van der Waals surface area contributed by atoms with Gasteiger partial charge in [0.25, 0.3) is 0 Å². The van der Waals surface area contributed by atoms with Crippen LogP contribution < -0.4 is 10.2 Å². The van der Waals surface area contributed by atoms with Gasteiger partial charge in [-0.15, -0.1) is 0 Å². The highest BCUT2D eigenvalue weighted by Crippen LogP contribution is 2.20. The number of aliphatic hydroxyl groups is 1. The maximum Gasteiger partial charge on any atom is 0.134 e. The van der Waals surface area contributed by atoms with Crippen LogP contribution in [0.4, 0.5) is 11.6 Å². The van der Waals surface area contributed by atoms with Gasteiger partial charge in [-0.3, -0.25) is 0 Å². The van der Waals surface area contributed by atoms with Crippen molar-refractivity contribution in [3.8, 4) is 0 Å². The molecule has 1 aliphatic rings. The van der Waals surface area contributed by atoms with Gasteiger partial charge in [0.15, 0.2) is 0 Å². The summed E-state index contributed by atoms with van der Waals surface area (Å²) in [5, 5.41) is 12.7. The topological polar surface area (TPSA) is 61.3 Å². The van der Waals surface area contributed by atoms with E-state index in [-0.39, 0.29) is 6.10 Å². The molecule has 2 rings (SSSR count). The Balaban J connectivity index is 2.23. The fourth-order valence-electron chi connectivity index (χ4n) is 2.09. The van der Waals surface area contributed by atoms with E-state index < -0.39 is 0 Å². The van der Waals surface area contributed by atoms with E-state index >= 15 is 0 Å². The molecule has 1 atom stereocenters. The molecule has 0 radical (unpaired) electrons. The lowest BCUT2D eigenvalue weighted by Crippen LogP contribution is -2.38. The Hall–Kier alpha value is -1.36. The Kier molecular flexibility index (Phi) is 3.78. The standard InChI is InChI=1S/C12H20N4O/c1-3-10-14-11(13-2)7-12(15-10)16-6-4-5-9(17)8-16/h7,9,17H,3-6,8H2,1-2H3,(H,13,14,15). The van der Waals surface area contributed by atoms with Gasteiger partial charge in [-0.1, -0.05) is 6.92 Å². The van der Waals surface area contributed by atoms with Gasteiger partial charge in [0.2, 0.25) is 0 Å². The van der Waals surface area contributed by atoms with E-state index in [1.54, 1.807) is 0 Å². The third-order valence-electron chi connectivity index (χ3n) is 3.05. The molecule has 0 saturated carbocycles. The van der Waals surface area contributed by atoms with Gasteiger partial charge in [0, 0.05) is 32.6 Å². The minimum Gasteiger partial charge on any atom is -0.391 e. The van der Waals surface area contributed by atoms with Crippen LogP contribution in [0.25, 0.3) is 0 Å². The van der Waals surface area contributed by atoms with Crippen LogP contribution in [0, 0.1) is 0 Å². The smallest absolute Gasteiger partial charge is 0.134 e. The number of aromatic nitrogens is 2. The first-order valence-electron chi connectivity index (χ1n) is 6.21. The molecule has 0 aliphatic carbocycles. The second-order valence-corrected chi connectivity index (χ2v) is 4.37. The molecule has 1 aliphatic heterocycles. The highest BCUT2D eigenvalue weighted by Gasteiger charge is 2.19. The van der Waals surface area contributed by atoms with Crippen LogP contribution in [0.2, 0.25) is 0 Å². The van der Waals surface area contributed by atoms with Crippen molar-refractivity contribution in [2.45, 2.75) is 32.3 Å². The number of rotatable bonds is 3. The molecule has 1 aromatic rings. The van der Waals surface area contributed by atoms with E-state index in [4.69, 9.17) is 0 Å². The molecule has 0 amide bonds. The third kappa shape index (κ3) is 2.85. The summed E-state index contributed by atoms with van der Waals surface area (Å²) >= 11 is 0. The predicted octanol–water partition coefficient (Wildman–Crippen LogP) is 1.04. The highest BCUT2D eigenvalue weighted by molar-refractivity contribution is 5.49. The minimum absolute atomic E-state index is 0.234. The van der Waals surface area contributed by atoms with Crippen LogP contribution in [0.15, 0.2) is 6.07 Å². The summed E-state index contributed by atoms with van der Waals surface area (Å²) in [6.45, 7) is 3.67. The molecule has 1 saturated heterocycles. The maximum atomic E-state index is 9.69. The molecule has 94 valence electrons. The zero-order valence-corrected chi connectivity index (χ0v) is 10.5. The van der Waals surface area contributed by atoms with Crippen molar-refractivity contribution in [1.82, 2.24) is 9.97 Å². The Morgan fingerprint density at radius 1 is 1.53 bits per heavy atom. The number of aryl methyl sites for hydroxylation is 1. The number of hydrogen-bond donors (Lipinski definition) is 2. The fraction of sp³-hybridized carbons (Fsp3) is 0.667. The monoisotopic (exact) mass is 236 g/mol. The minimum atomic E-state index is -0.234. The molecular formula is C12H20N4O. The van der Waals surface area contributed by atoms with Crippen molar-refractivity contribution in [2.75, 3.05) is 30.4 Å². The summed E-state index contributed by atoms with van der Waals surface area (Å²) in [7, 11) is 1.86. The lowest BCUT2D eigenvalue weighted by Gasteiger charge is -2.31. The van der Waals surface area contributed by atoms with Crippen molar-refractivity contribution in [1.29, 1.82) is 0 Å². The van der Waals surface area contributed by atoms with Crippen molar-refractivity contribution in [3.05, 3.63) is 11.9 Å². The first-order chi connectivity index (χ1) is 8.22.